The number of aliphatic hydroxyl groups excluding tert-OH is 2. The lowest BCUT2D eigenvalue weighted by atomic mass is 10.1. The summed E-state index contributed by atoms with van der Waals surface area (Å²) in [7, 11) is 0. The fourth-order valence-electron chi connectivity index (χ4n) is 2.82. The van der Waals surface area contributed by atoms with Crippen LogP contribution in [0.3, 0.4) is 0 Å². The van der Waals surface area contributed by atoms with Crippen molar-refractivity contribution in [3.63, 3.8) is 0 Å². The van der Waals surface area contributed by atoms with Crippen molar-refractivity contribution in [3.05, 3.63) is 59.4 Å². The zero-order chi connectivity index (χ0) is 26.0. The highest BCUT2D eigenvalue weighted by molar-refractivity contribution is 8.15. The molecule has 3 atom stereocenters. The van der Waals surface area contributed by atoms with Crippen molar-refractivity contribution in [3.8, 4) is 5.75 Å². The number of rotatable bonds is 10. The van der Waals surface area contributed by atoms with Gasteiger partial charge < -0.3 is 25.2 Å². The Morgan fingerprint density at radius 3 is 2.09 bits per heavy atom. The number of nitrogens with zero attached hydrogens (tertiary/aromatic N) is 1. The molecule has 0 unspecified atom stereocenters. The van der Waals surface area contributed by atoms with E-state index < -0.39 is 24.1 Å². The second-order valence-corrected chi connectivity index (χ2v) is 8.58. The summed E-state index contributed by atoms with van der Waals surface area (Å²) < 4.78 is 5.75. The van der Waals surface area contributed by atoms with Gasteiger partial charge in [0.1, 0.15) is 5.75 Å². The van der Waals surface area contributed by atoms with Crippen LogP contribution < -0.4 is 10.1 Å². The standard InChI is InChI=1S/C19H20N2O3S.C4H6O6/c1-2-13-3-6-15(20-12-13)9-10-24-16-7-4-14(5-8-16)11-17-18(22)21-19(23)25-17;5-1(3(7)8)2(6)4(9)10/h3-8,12,17H,2,9-11H2,1H3,(H,21,22,23);1-2,5-6H,(H,7,8)(H,9,10)/t17-;1-,2-/m11/s1. The largest absolute Gasteiger partial charge is 0.493 e. The summed E-state index contributed by atoms with van der Waals surface area (Å²) in [4.78, 5) is 46.7. The van der Waals surface area contributed by atoms with Crippen molar-refractivity contribution >= 4 is 34.8 Å². The molecule has 0 spiro atoms. The van der Waals surface area contributed by atoms with E-state index in [4.69, 9.17) is 25.2 Å². The lowest BCUT2D eigenvalue weighted by Crippen LogP contribution is -2.39. The lowest BCUT2D eigenvalue weighted by molar-refractivity contribution is -0.165. The number of carboxylic acid groups (broad SMARTS) is 2. The minimum absolute atomic E-state index is 0.211. The van der Waals surface area contributed by atoms with Gasteiger partial charge in [-0.15, -0.1) is 0 Å². The fraction of sp³-hybridized carbons (Fsp3) is 0.348. The summed E-state index contributed by atoms with van der Waals surface area (Å²) in [5, 5.41) is 34.2. The maximum Gasteiger partial charge on any atom is 0.335 e. The van der Waals surface area contributed by atoms with Gasteiger partial charge in [-0.25, -0.2) is 9.59 Å². The number of nitrogens with one attached hydrogen (secondary N) is 1. The Morgan fingerprint density at radius 2 is 1.63 bits per heavy atom. The molecule has 1 fully saturated rings. The minimum Gasteiger partial charge on any atom is -0.493 e. The Morgan fingerprint density at radius 1 is 1.03 bits per heavy atom. The van der Waals surface area contributed by atoms with Crippen LogP contribution in [0.25, 0.3) is 0 Å². The van der Waals surface area contributed by atoms with Crippen LogP contribution in [0.2, 0.25) is 0 Å². The van der Waals surface area contributed by atoms with E-state index in [1.54, 1.807) is 0 Å². The van der Waals surface area contributed by atoms with E-state index >= 15 is 0 Å². The topological polar surface area (TPSA) is 183 Å². The molecule has 1 aromatic carbocycles. The summed E-state index contributed by atoms with van der Waals surface area (Å²) in [5.74, 6) is -2.96. The first-order valence-corrected chi connectivity index (χ1v) is 11.5. The van der Waals surface area contributed by atoms with Crippen molar-refractivity contribution in [1.29, 1.82) is 0 Å². The van der Waals surface area contributed by atoms with Gasteiger partial charge in [0.2, 0.25) is 5.91 Å². The Balaban J connectivity index is 0.000000367. The highest BCUT2D eigenvalue weighted by atomic mass is 32.2. The molecule has 1 aliphatic heterocycles. The van der Waals surface area contributed by atoms with E-state index in [1.165, 1.54) is 5.56 Å². The quantitative estimate of drug-likeness (QED) is 0.310. The zero-order valence-corrected chi connectivity index (χ0v) is 19.6. The first-order valence-electron chi connectivity index (χ1n) is 10.6. The number of aliphatic carboxylic acids is 2. The van der Waals surface area contributed by atoms with Crippen molar-refractivity contribution in [2.75, 3.05) is 6.61 Å². The number of thioether (sulfide) groups is 1. The number of aryl methyl sites for hydroxylation is 1. The van der Waals surface area contributed by atoms with Gasteiger partial charge in [-0.2, -0.15) is 0 Å². The number of carbonyl (C=O) groups excluding carboxylic acids is 2. The molecule has 2 heterocycles. The summed E-state index contributed by atoms with van der Waals surface area (Å²) in [6.07, 6.45) is -0.338. The van der Waals surface area contributed by atoms with Crippen LogP contribution in [-0.4, -0.2) is 72.6 Å². The molecular weight excluding hydrogens is 480 g/mol. The number of pyridine rings is 1. The third-order valence-electron chi connectivity index (χ3n) is 4.84. The third-order valence-corrected chi connectivity index (χ3v) is 5.82. The average molecular weight is 507 g/mol. The molecule has 0 bridgehead atoms. The van der Waals surface area contributed by atoms with Crippen LogP contribution in [0.4, 0.5) is 4.79 Å². The minimum atomic E-state index is -2.27. The van der Waals surface area contributed by atoms with Gasteiger partial charge in [0.15, 0.2) is 12.2 Å². The van der Waals surface area contributed by atoms with Crippen molar-refractivity contribution in [2.45, 2.75) is 43.6 Å². The molecule has 188 valence electrons. The number of hydrogen-bond donors (Lipinski definition) is 5. The van der Waals surface area contributed by atoms with Gasteiger partial charge >= 0.3 is 11.9 Å². The fourth-order valence-corrected chi connectivity index (χ4v) is 3.68. The maximum absolute atomic E-state index is 11.6. The number of hydrogen-bond acceptors (Lipinski definition) is 9. The van der Waals surface area contributed by atoms with E-state index in [9.17, 15) is 19.2 Å². The molecule has 0 radical (unpaired) electrons. The Bertz CT molecular complexity index is 1010. The van der Waals surface area contributed by atoms with E-state index in [0.29, 0.717) is 13.0 Å². The molecule has 1 aromatic heterocycles. The first kappa shape index (κ1) is 27.8. The predicted molar refractivity (Wildman–Crippen MR) is 125 cm³/mol. The second-order valence-electron chi connectivity index (χ2n) is 7.41. The number of carboxylic acids is 2. The highest BCUT2D eigenvalue weighted by Crippen LogP contribution is 2.23. The average Bonchev–Trinajstić information content (AvgIpc) is 3.16. The van der Waals surface area contributed by atoms with Crippen LogP contribution in [0.1, 0.15) is 23.7 Å². The molecule has 0 saturated carbocycles. The van der Waals surface area contributed by atoms with Gasteiger partial charge in [-0.05, 0) is 42.2 Å². The Hall–Kier alpha value is -3.48. The Kier molecular flexibility index (Phi) is 10.6. The van der Waals surface area contributed by atoms with Gasteiger partial charge in [-0.1, -0.05) is 36.9 Å². The molecule has 11 nitrogen and oxygen atoms in total. The van der Waals surface area contributed by atoms with Crippen LogP contribution >= 0.6 is 11.8 Å². The number of benzene rings is 1. The zero-order valence-electron chi connectivity index (χ0n) is 18.8. The molecule has 2 amide bonds. The molecule has 3 rings (SSSR count). The smallest absolute Gasteiger partial charge is 0.335 e. The molecule has 1 aliphatic rings. The van der Waals surface area contributed by atoms with Gasteiger partial charge in [-0.3, -0.25) is 19.9 Å². The highest BCUT2D eigenvalue weighted by Gasteiger charge is 2.31. The van der Waals surface area contributed by atoms with Gasteiger partial charge in [0.25, 0.3) is 5.24 Å². The second kappa shape index (κ2) is 13.4. The SMILES string of the molecule is CCc1ccc(CCOc2ccc(C[C@H]3SC(=O)NC3=O)cc2)nc1.O=C(O)[C@H](O)[C@@H](O)C(=O)O. The molecule has 35 heavy (non-hydrogen) atoms. The summed E-state index contributed by atoms with van der Waals surface area (Å²) in [5.41, 5.74) is 3.25. The molecule has 1 saturated heterocycles. The number of aliphatic hydroxyl groups is 2. The number of aromatic nitrogens is 1. The van der Waals surface area contributed by atoms with Crippen LogP contribution in [0.15, 0.2) is 42.6 Å². The van der Waals surface area contributed by atoms with Crippen LogP contribution in [0.5, 0.6) is 5.75 Å². The van der Waals surface area contributed by atoms with Crippen LogP contribution in [-0.2, 0) is 33.6 Å². The maximum atomic E-state index is 11.6. The van der Waals surface area contributed by atoms with E-state index in [2.05, 4.69) is 23.3 Å². The van der Waals surface area contributed by atoms with E-state index in [0.717, 1.165) is 41.6 Å². The molecule has 0 aliphatic carbocycles. The predicted octanol–water partition coefficient (Wildman–Crippen LogP) is 1.04. The number of ether oxygens (including phenoxy) is 1. The summed E-state index contributed by atoms with van der Waals surface area (Å²) in [6.45, 7) is 2.67. The van der Waals surface area contributed by atoms with Gasteiger partial charge in [0.05, 0.1) is 11.9 Å². The summed E-state index contributed by atoms with van der Waals surface area (Å²) >= 11 is 1.05. The third kappa shape index (κ3) is 9.00. The van der Waals surface area contributed by atoms with Crippen molar-refractivity contribution in [1.82, 2.24) is 10.3 Å². The van der Waals surface area contributed by atoms with Crippen molar-refractivity contribution in [2.24, 2.45) is 0 Å². The summed E-state index contributed by atoms with van der Waals surface area (Å²) in [6, 6.07) is 11.8. The first-order chi connectivity index (χ1) is 16.6. The Labute approximate surface area is 205 Å². The molecule has 5 N–H and O–H groups in total. The van der Waals surface area contributed by atoms with Crippen LogP contribution in [0, 0.1) is 0 Å². The van der Waals surface area contributed by atoms with E-state index in [1.807, 2.05) is 36.5 Å². The molecular formula is C23H26N2O9S. The number of amides is 2. The van der Waals surface area contributed by atoms with E-state index in [-0.39, 0.29) is 16.4 Å². The molecule has 2 aromatic rings. The number of imide groups is 1. The normalized spacial score (nSPS) is 16.5. The monoisotopic (exact) mass is 506 g/mol. The lowest BCUT2D eigenvalue weighted by Gasteiger charge is -2.09. The number of carbonyl (C=O) groups is 4. The molecule has 12 heteroatoms. The van der Waals surface area contributed by atoms with Gasteiger partial charge in [0, 0.05) is 18.3 Å². The van der Waals surface area contributed by atoms with Crippen molar-refractivity contribution < 1.29 is 44.3 Å².